The van der Waals surface area contributed by atoms with Gasteiger partial charge in [0.25, 0.3) is 5.91 Å². The summed E-state index contributed by atoms with van der Waals surface area (Å²) in [5.41, 5.74) is 1.13. The third kappa shape index (κ3) is 3.61. The Morgan fingerprint density at radius 3 is 2.38 bits per heavy atom. The van der Waals surface area contributed by atoms with Crippen molar-refractivity contribution in [3.05, 3.63) is 29.1 Å². The molecule has 5 saturated carbocycles. The van der Waals surface area contributed by atoms with Gasteiger partial charge in [0, 0.05) is 17.2 Å². The third-order valence-electron chi connectivity index (χ3n) is 8.47. The second kappa shape index (κ2) is 7.64. The lowest BCUT2D eigenvalue weighted by molar-refractivity contribution is -0.140. The van der Waals surface area contributed by atoms with Gasteiger partial charge < -0.3 is 14.7 Å². The van der Waals surface area contributed by atoms with Crippen molar-refractivity contribution in [3.8, 4) is 5.75 Å². The molecule has 6 aliphatic rings. The minimum Gasteiger partial charge on any atom is -0.493 e. The standard InChI is InChI=1S/C25H30FNO4S/c26-20-7-22(31-12-25-8-14-3-15(9-25)5-16(4-14)10-25)18(17-1-2-17)6-19(20)23(28)27-13-32-11-21(27)24(29)30/h6-7,14-17,21H,1-5,8-13H2,(H,29,30). The van der Waals surface area contributed by atoms with Crippen LogP contribution < -0.4 is 4.74 Å². The molecule has 4 bridgehead atoms. The molecule has 172 valence electrons. The lowest BCUT2D eigenvalue weighted by Gasteiger charge is -2.56. The number of carbonyl (C=O) groups is 2. The molecule has 1 heterocycles. The number of carbonyl (C=O) groups excluding carboxylic acids is 1. The normalized spacial score (nSPS) is 35.3. The zero-order valence-electron chi connectivity index (χ0n) is 18.2. The van der Waals surface area contributed by atoms with Crippen molar-refractivity contribution in [2.45, 2.75) is 63.3 Å². The molecule has 1 aromatic carbocycles. The zero-order valence-corrected chi connectivity index (χ0v) is 19.0. The van der Waals surface area contributed by atoms with Crippen LogP contribution in [0.5, 0.6) is 5.75 Å². The van der Waals surface area contributed by atoms with Crippen LogP contribution >= 0.6 is 11.8 Å². The minimum atomic E-state index is -1.04. The Hall–Kier alpha value is -1.76. The molecule has 1 amide bonds. The first-order valence-electron chi connectivity index (χ1n) is 12.0. The van der Waals surface area contributed by atoms with Gasteiger partial charge in [-0.1, -0.05) is 0 Å². The monoisotopic (exact) mass is 459 g/mol. The van der Waals surface area contributed by atoms with E-state index in [1.165, 1.54) is 61.3 Å². The smallest absolute Gasteiger partial charge is 0.327 e. The van der Waals surface area contributed by atoms with E-state index in [1.807, 2.05) is 0 Å². The Morgan fingerprint density at radius 2 is 1.78 bits per heavy atom. The summed E-state index contributed by atoms with van der Waals surface area (Å²) in [4.78, 5) is 25.8. The van der Waals surface area contributed by atoms with E-state index in [4.69, 9.17) is 4.74 Å². The number of ether oxygens (including phenoxy) is 1. The highest BCUT2D eigenvalue weighted by atomic mass is 32.2. The summed E-state index contributed by atoms with van der Waals surface area (Å²) in [6.45, 7) is 0.646. The largest absolute Gasteiger partial charge is 0.493 e. The highest BCUT2D eigenvalue weighted by Gasteiger charge is 2.51. The fraction of sp³-hybridized carbons (Fsp3) is 0.680. The molecule has 7 rings (SSSR count). The number of amides is 1. The number of aliphatic carboxylic acids is 1. The van der Waals surface area contributed by atoms with E-state index in [2.05, 4.69) is 0 Å². The molecule has 0 spiro atoms. The molecule has 5 nitrogen and oxygen atoms in total. The van der Waals surface area contributed by atoms with Crippen LogP contribution in [0.15, 0.2) is 12.1 Å². The molecule has 1 N–H and O–H groups in total. The van der Waals surface area contributed by atoms with Crippen LogP contribution in [0, 0.1) is 29.0 Å². The first-order chi connectivity index (χ1) is 15.4. The molecule has 1 aromatic rings. The van der Waals surface area contributed by atoms with E-state index in [1.54, 1.807) is 6.07 Å². The summed E-state index contributed by atoms with van der Waals surface area (Å²) < 4.78 is 21.5. The first kappa shape index (κ1) is 20.8. The van der Waals surface area contributed by atoms with Gasteiger partial charge in [-0.25, -0.2) is 9.18 Å². The van der Waals surface area contributed by atoms with Crippen LogP contribution in [0.2, 0.25) is 0 Å². The Bertz CT molecular complexity index is 926. The number of hydrogen-bond acceptors (Lipinski definition) is 4. The lowest BCUT2D eigenvalue weighted by atomic mass is 9.50. The van der Waals surface area contributed by atoms with Crippen molar-refractivity contribution < 1.29 is 23.8 Å². The second-order valence-corrected chi connectivity index (χ2v) is 12.0. The second-order valence-electron chi connectivity index (χ2n) is 11.0. The van der Waals surface area contributed by atoms with Gasteiger partial charge in [-0.3, -0.25) is 4.79 Å². The Balaban J connectivity index is 1.24. The van der Waals surface area contributed by atoms with E-state index in [0.29, 0.717) is 24.0 Å². The predicted octanol–water partition coefficient (Wildman–Crippen LogP) is 4.90. The Kier molecular flexibility index (Phi) is 4.97. The molecule has 32 heavy (non-hydrogen) atoms. The summed E-state index contributed by atoms with van der Waals surface area (Å²) in [5.74, 6) is 1.83. The maximum absolute atomic E-state index is 15.1. The summed E-state index contributed by atoms with van der Waals surface area (Å²) in [6.07, 6.45) is 9.88. The molecule has 6 fully saturated rings. The Labute approximate surface area is 192 Å². The van der Waals surface area contributed by atoms with E-state index >= 15 is 4.39 Å². The number of hydrogen-bond donors (Lipinski definition) is 1. The Morgan fingerprint density at radius 1 is 1.12 bits per heavy atom. The number of thioether (sulfide) groups is 1. The average Bonchev–Trinajstić information content (AvgIpc) is 3.45. The SMILES string of the molecule is O=C(O)C1CSCN1C(=O)c1cc(C2CC2)c(OCC23CC4CC(CC(C4)C2)C3)cc1F. The van der Waals surface area contributed by atoms with Gasteiger partial charge in [0.2, 0.25) is 0 Å². The number of benzene rings is 1. The quantitative estimate of drug-likeness (QED) is 0.656. The van der Waals surface area contributed by atoms with Gasteiger partial charge in [0.05, 0.1) is 18.0 Å². The lowest BCUT2D eigenvalue weighted by Crippen LogP contribution is -2.48. The topological polar surface area (TPSA) is 66.8 Å². The molecule has 1 aliphatic heterocycles. The first-order valence-corrected chi connectivity index (χ1v) is 13.1. The van der Waals surface area contributed by atoms with Crippen LogP contribution in [-0.2, 0) is 4.79 Å². The fourth-order valence-corrected chi connectivity index (χ4v) is 8.42. The van der Waals surface area contributed by atoms with Crippen LogP contribution in [0.4, 0.5) is 4.39 Å². The van der Waals surface area contributed by atoms with Gasteiger partial charge in [-0.2, -0.15) is 0 Å². The molecule has 7 heteroatoms. The maximum Gasteiger partial charge on any atom is 0.327 e. The highest BCUT2D eigenvalue weighted by Crippen LogP contribution is 2.60. The zero-order chi connectivity index (χ0) is 22.0. The van der Waals surface area contributed by atoms with Gasteiger partial charge in [0.1, 0.15) is 17.6 Å². The predicted molar refractivity (Wildman–Crippen MR) is 119 cm³/mol. The fourth-order valence-electron chi connectivity index (χ4n) is 7.27. The highest BCUT2D eigenvalue weighted by molar-refractivity contribution is 7.99. The van der Waals surface area contributed by atoms with Crippen molar-refractivity contribution in [3.63, 3.8) is 0 Å². The molecule has 5 aliphatic carbocycles. The van der Waals surface area contributed by atoms with Crippen LogP contribution in [0.25, 0.3) is 0 Å². The van der Waals surface area contributed by atoms with Gasteiger partial charge in [-0.05, 0) is 86.7 Å². The van der Waals surface area contributed by atoms with Crippen molar-refractivity contribution in [2.75, 3.05) is 18.2 Å². The van der Waals surface area contributed by atoms with Gasteiger partial charge in [-0.15, -0.1) is 11.8 Å². The van der Waals surface area contributed by atoms with Crippen molar-refractivity contribution in [2.24, 2.45) is 23.2 Å². The number of rotatable bonds is 6. The number of carboxylic acid groups (broad SMARTS) is 1. The van der Waals surface area contributed by atoms with Crippen molar-refractivity contribution in [1.29, 1.82) is 0 Å². The van der Waals surface area contributed by atoms with E-state index in [-0.39, 0.29) is 16.9 Å². The van der Waals surface area contributed by atoms with Crippen LogP contribution in [-0.4, -0.2) is 46.2 Å². The van der Waals surface area contributed by atoms with Crippen LogP contribution in [0.1, 0.15) is 73.2 Å². The van der Waals surface area contributed by atoms with E-state index < -0.39 is 23.7 Å². The molecular weight excluding hydrogens is 429 g/mol. The van der Waals surface area contributed by atoms with Crippen molar-refractivity contribution >= 4 is 23.6 Å². The maximum atomic E-state index is 15.1. The van der Waals surface area contributed by atoms with Gasteiger partial charge >= 0.3 is 5.97 Å². The number of halogens is 1. The minimum absolute atomic E-state index is 0.0252. The molecule has 0 radical (unpaired) electrons. The van der Waals surface area contributed by atoms with Gasteiger partial charge in [0.15, 0.2) is 0 Å². The van der Waals surface area contributed by atoms with Crippen molar-refractivity contribution in [1.82, 2.24) is 4.90 Å². The molecule has 1 unspecified atom stereocenters. The molecule has 1 saturated heterocycles. The summed E-state index contributed by atoms with van der Waals surface area (Å²) in [7, 11) is 0. The molecular formula is C25H30FNO4S. The van der Waals surface area contributed by atoms with E-state index in [9.17, 15) is 14.7 Å². The molecule has 1 atom stereocenters. The average molecular weight is 460 g/mol. The summed E-state index contributed by atoms with van der Waals surface area (Å²) >= 11 is 1.39. The number of carboxylic acids is 1. The molecule has 0 aromatic heterocycles. The summed E-state index contributed by atoms with van der Waals surface area (Å²) in [5, 5.41) is 9.41. The summed E-state index contributed by atoms with van der Waals surface area (Å²) in [6, 6.07) is 2.13. The third-order valence-corrected chi connectivity index (χ3v) is 9.49. The number of nitrogens with zero attached hydrogens (tertiary/aromatic N) is 1. The van der Waals surface area contributed by atoms with E-state index in [0.717, 1.165) is 36.2 Å². The van der Waals surface area contributed by atoms with Crippen LogP contribution in [0.3, 0.4) is 0 Å².